The third-order valence-corrected chi connectivity index (χ3v) is 4.34. The average molecular weight is 296 g/mol. The van der Waals surface area contributed by atoms with Crippen molar-refractivity contribution in [3.8, 4) is 0 Å². The van der Waals surface area contributed by atoms with E-state index in [1.54, 1.807) is 12.1 Å². The van der Waals surface area contributed by atoms with Crippen molar-refractivity contribution < 1.29 is 4.79 Å². The van der Waals surface area contributed by atoms with E-state index in [0.717, 1.165) is 12.8 Å². The summed E-state index contributed by atoms with van der Waals surface area (Å²) in [5.74, 6) is 0.384. The Morgan fingerprint density at radius 2 is 2.20 bits per heavy atom. The van der Waals surface area contributed by atoms with Crippen molar-refractivity contribution in [2.75, 3.05) is 13.1 Å². The molecule has 0 aromatic carbocycles. The molecule has 1 saturated carbocycles. The minimum Gasteiger partial charge on any atom is -0.334 e. The number of amides is 1. The molecule has 0 spiro atoms. The van der Waals surface area contributed by atoms with Crippen LogP contribution >= 0.6 is 11.6 Å². The van der Waals surface area contributed by atoms with Gasteiger partial charge in [0, 0.05) is 18.8 Å². The predicted molar refractivity (Wildman–Crippen MR) is 80.8 cm³/mol. The lowest BCUT2D eigenvalue weighted by Gasteiger charge is -2.39. The zero-order chi connectivity index (χ0) is 14.5. The van der Waals surface area contributed by atoms with E-state index in [1.165, 1.54) is 19.0 Å². The van der Waals surface area contributed by atoms with Crippen LogP contribution in [0.25, 0.3) is 0 Å². The van der Waals surface area contributed by atoms with Gasteiger partial charge in [0.05, 0.1) is 5.02 Å². The Labute approximate surface area is 125 Å². The fourth-order valence-electron chi connectivity index (χ4n) is 3.05. The molecule has 1 heterocycles. The van der Waals surface area contributed by atoms with Gasteiger partial charge in [0.25, 0.3) is 5.91 Å². The van der Waals surface area contributed by atoms with Gasteiger partial charge in [-0.3, -0.25) is 4.79 Å². The largest absolute Gasteiger partial charge is 0.334 e. The number of nitrogens with two attached hydrogens (primary N) is 1. The summed E-state index contributed by atoms with van der Waals surface area (Å²) in [7, 11) is 0. The summed E-state index contributed by atoms with van der Waals surface area (Å²) >= 11 is 5.82. The van der Waals surface area contributed by atoms with Crippen LogP contribution in [0.3, 0.4) is 0 Å². The summed E-state index contributed by atoms with van der Waals surface area (Å²) in [6.07, 6.45) is 6.04. The van der Waals surface area contributed by atoms with Crippen LogP contribution in [0, 0.1) is 5.92 Å². The number of aromatic nitrogens is 1. The van der Waals surface area contributed by atoms with Gasteiger partial charge in [0.2, 0.25) is 0 Å². The number of pyridine rings is 1. The SMILES string of the molecule is CCN(C(=O)c1ccc(Cl)cn1)C1CCCCC1CN. The van der Waals surface area contributed by atoms with Crippen molar-refractivity contribution in [3.05, 3.63) is 29.0 Å². The van der Waals surface area contributed by atoms with E-state index in [2.05, 4.69) is 4.98 Å². The van der Waals surface area contributed by atoms with Gasteiger partial charge in [0.15, 0.2) is 0 Å². The number of carbonyl (C=O) groups is 1. The number of hydrogen-bond acceptors (Lipinski definition) is 3. The van der Waals surface area contributed by atoms with Crippen molar-refractivity contribution in [2.45, 2.75) is 38.6 Å². The van der Waals surface area contributed by atoms with Crippen molar-refractivity contribution in [1.82, 2.24) is 9.88 Å². The third kappa shape index (κ3) is 3.30. The van der Waals surface area contributed by atoms with Gasteiger partial charge < -0.3 is 10.6 Å². The van der Waals surface area contributed by atoms with Crippen LogP contribution in [-0.2, 0) is 0 Å². The first kappa shape index (κ1) is 15.3. The van der Waals surface area contributed by atoms with E-state index in [4.69, 9.17) is 17.3 Å². The van der Waals surface area contributed by atoms with Crippen molar-refractivity contribution in [2.24, 2.45) is 11.7 Å². The molecular formula is C15H22ClN3O. The Balaban J connectivity index is 2.17. The molecule has 2 unspecified atom stereocenters. The highest BCUT2D eigenvalue weighted by molar-refractivity contribution is 6.30. The van der Waals surface area contributed by atoms with Crippen molar-refractivity contribution in [3.63, 3.8) is 0 Å². The zero-order valence-electron chi connectivity index (χ0n) is 11.9. The van der Waals surface area contributed by atoms with Gasteiger partial charge in [-0.2, -0.15) is 0 Å². The van der Waals surface area contributed by atoms with Gasteiger partial charge in [0.1, 0.15) is 5.69 Å². The molecule has 4 nitrogen and oxygen atoms in total. The maximum Gasteiger partial charge on any atom is 0.272 e. The fraction of sp³-hybridized carbons (Fsp3) is 0.600. The van der Waals surface area contributed by atoms with E-state index in [-0.39, 0.29) is 11.9 Å². The van der Waals surface area contributed by atoms with Gasteiger partial charge in [-0.25, -0.2) is 4.98 Å². The highest BCUT2D eigenvalue weighted by atomic mass is 35.5. The highest BCUT2D eigenvalue weighted by Crippen LogP contribution is 2.28. The van der Waals surface area contributed by atoms with E-state index in [0.29, 0.717) is 29.7 Å². The van der Waals surface area contributed by atoms with E-state index >= 15 is 0 Å². The lowest BCUT2D eigenvalue weighted by Crippen LogP contribution is -2.48. The molecule has 1 fully saturated rings. The highest BCUT2D eigenvalue weighted by Gasteiger charge is 2.32. The monoisotopic (exact) mass is 295 g/mol. The number of rotatable bonds is 4. The molecule has 0 aliphatic heterocycles. The molecule has 1 aromatic heterocycles. The van der Waals surface area contributed by atoms with Crippen LogP contribution in [0.1, 0.15) is 43.1 Å². The van der Waals surface area contributed by atoms with Crippen LogP contribution in [-0.4, -0.2) is 34.9 Å². The Kier molecular flexibility index (Phi) is 5.38. The first-order valence-electron chi connectivity index (χ1n) is 7.30. The second kappa shape index (κ2) is 7.04. The van der Waals surface area contributed by atoms with E-state index in [9.17, 15) is 4.79 Å². The number of halogens is 1. The first-order chi connectivity index (χ1) is 9.67. The molecular weight excluding hydrogens is 274 g/mol. The molecule has 2 atom stereocenters. The fourth-order valence-corrected chi connectivity index (χ4v) is 3.16. The standard InChI is InChI=1S/C15H22ClN3O/c1-2-19(14-6-4-3-5-11(14)9-17)15(20)13-8-7-12(16)10-18-13/h7-8,10-11,14H,2-6,9,17H2,1H3. The molecule has 0 saturated heterocycles. The second-order valence-electron chi connectivity index (χ2n) is 5.30. The Hall–Kier alpha value is -1.13. The molecule has 5 heteroatoms. The summed E-state index contributed by atoms with van der Waals surface area (Å²) in [4.78, 5) is 18.7. The van der Waals surface area contributed by atoms with Crippen LogP contribution in [0.2, 0.25) is 5.02 Å². The number of nitrogens with zero attached hydrogens (tertiary/aromatic N) is 2. The summed E-state index contributed by atoms with van der Waals surface area (Å²) < 4.78 is 0. The summed E-state index contributed by atoms with van der Waals surface area (Å²) in [5.41, 5.74) is 6.33. The van der Waals surface area contributed by atoms with Crippen LogP contribution in [0.15, 0.2) is 18.3 Å². The van der Waals surface area contributed by atoms with E-state index in [1.807, 2.05) is 11.8 Å². The van der Waals surface area contributed by atoms with Crippen molar-refractivity contribution >= 4 is 17.5 Å². The third-order valence-electron chi connectivity index (χ3n) is 4.12. The minimum atomic E-state index is -0.0190. The smallest absolute Gasteiger partial charge is 0.272 e. The first-order valence-corrected chi connectivity index (χ1v) is 7.67. The predicted octanol–water partition coefficient (Wildman–Crippen LogP) is 2.71. The molecule has 110 valence electrons. The zero-order valence-corrected chi connectivity index (χ0v) is 12.6. The molecule has 2 rings (SSSR count). The van der Waals surface area contributed by atoms with Gasteiger partial charge in [-0.1, -0.05) is 24.4 Å². The summed E-state index contributed by atoms with van der Waals surface area (Å²) in [6.45, 7) is 3.34. The second-order valence-corrected chi connectivity index (χ2v) is 5.74. The Morgan fingerprint density at radius 1 is 1.45 bits per heavy atom. The van der Waals surface area contributed by atoms with Crippen LogP contribution in [0.5, 0.6) is 0 Å². The summed E-state index contributed by atoms with van der Waals surface area (Å²) in [5, 5.41) is 0.544. The minimum absolute atomic E-state index is 0.0190. The van der Waals surface area contributed by atoms with Crippen LogP contribution < -0.4 is 5.73 Å². The average Bonchev–Trinajstić information content (AvgIpc) is 2.49. The summed E-state index contributed by atoms with van der Waals surface area (Å²) in [6, 6.07) is 3.63. The van der Waals surface area contributed by atoms with E-state index < -0.39 is 0 Å². The normalized spacial score (nSPS) is 22.6. The molecule has 1 aliphatic rings. The molecule has 20 heavy (non-hydrogen) atoms. The maximum atomic E-state index is 12.6. The van der Waals surface area contributed by atoms with Gasteiger partial charge >= 0.3 is 0 Å². The van der Waals surface area contributed by atoms with Crippen molar-refractivity contribution in [1.29, 1.82) is 0 Å². The lowest BCUT2D eigenvalue weighted by molar-refractivity contribution is 0.0554. The molecule has 2 N–H and O–H groups in total. The quantitative estimate of drug-likeness (QED) is 0.929. The molecule has 1 aliphatic carbocycles. The van der Waals surface area contributed by atoms with Gasteiger partial charge in [-0.15, -0.1) is 0 Å². The number of hydrogen-bond donors (Lipinski definition) is 1. The Morgan fingerprint density at radius 3 is 2.80 bits per heavy atom. The van der Waals surface area contributed by atoms with Gasteiger partial charge in [-0.05, 0) is 44.4 Å². The maximum absolute atomic E-state index is 12.6. The molecule has 0 radical (unpaired) electrons. The number of carbonyl (C=O) groups excluding carboxylic acids is 1. The molecule has 1 amide bonds. The van der Waals surface area contributed by atoms with Crippen LogP contribution in [0.4, 0.5) is 0 Å². The molecule has 0 bridgehead atoms. The Bertz CT molecular complexity index is 449. The lowest BCUT2D eigenvalue weighted by atomic mass is 9.83. The molecule has 1 aromatic rings. The topological polar surface area (TPSA) is 59.2 Å².